The van der Waals surface area contributed by atoms with E-state index < -0.39 is 0 Å². The maximum absolute atomic E-state index is 12.8. The second-order valence-electron chi connectivity index (χ2n) is 5.97. The predicted molar refractivity (Wildman–Crippen MR) is 86.5 cm³/mol. The van der Waals surface area contributed by atoms with Crippen LogP contribution in [0.3, 0.4) is 0 Å². The van der Waals surface area contributed by atoms with Crippen LogP contribution >= 0.6 is 0 Å². The first-order valence-electron chi connectivity index (χ1n) is 8.07. The van der Waals surface area contributed by atoms with Crippen molar-refractivity contribution in [2.45, 2.75) is 38.6 Å². The normalized spacial score (nSPS) is 18.5. The van der Waals surface area contributed by atoms with Gasteiger partial charge in [0, 0.05) is 12.6 Å². The highest BCUT2D eigenvalue weighted by atomic mass is 16.5. The first kappa shape index (κ1) is 15.6. The van der Waals surface area contributed by atoms with Gasteiger partial charge in [-0.1, -0.05) is 30.1 Å². The van der Waals surface area contributed by atoms with Crippen LogP contribution < -0.4 is 4.74 Å². The highest BCUT2D eigenvalue weighted by Crippen LogP contribution is 2.32. The number of carbonyl (C=O) groups is 1. The van der Waals surface area contributed by atoms with Gasteiger partial charge in [0.15, 0.2) is 0 Å². The number of hydrogen-bond acceptors (Lipinski definition) is 4. The second kappa shape index (κ2) is 6.86. The van der Waals surface area contributed by atoms with Crippen LogP contribution in [0.25, 0.3) is 0 Å². The van der Waals surface area contributed by atoms with Crippen molar-refractivity contribution in [1.29, 1.82) is 0 Å². The van der Waals surface area contributed by atoms with E-state index in [0.29, 0.717) is 5.76 Å². The molecule has 122 valence electrons. The van der Waals surface area contributed by atoms with E-state index in [1.807, 2.05) is 36.1 Å². The number of amides is 1. The van der Waals surface area contributed by atoms with Crippen molar-refractivity contribution in [3.05, 3.63) is 47.3 Å². The zero-order valence-corrected chi connectivity index (χ0v) is 13.6. The van der Waals surface area contributed by atoms with Crippen molar-refractivity contribution >= 4 is 5.91 Å². The van der Waals surface area contributed by atoms with E-state index in [9.17, 15) is 4.79 Å². The lowest BCUT2D eigenvalue weighted by Gasteiger charge is -2.29. The first-order chi connectivity index (χ1) is 11.2. The maximum Gasteiger partial charge on any atom is 0.292 e. The molecule has 5 heteroatoms. The number of benzene rings is 1. The lowest BCUT2D eigenvalue weighted by atomic mass is 10.0. The molecule has 1 aromatic carbocycles. The van der Waals surface area contributed by atoms with E-state index in [1.54, 1.807) is 13.2 Å². The minimum atomic E-state index is -0.0756. The number of aryl methyl sites for hydroxylation is 1. The van der Waals surface area contributed by atoms with Crippen LogP contribution in [0.15, 0.2) is 34.9 Å². The molecule has 0 saturated carbocycles. The Hall–Kier alpha value is -2.30. The number of hydrogen-bond donors (Lipinski definition) is 0. The molecule has 1 aromatic heterocycles. The molecule has 0 N–H and O–H groups in total. The molecule has 1 unspecified atom stereocenters. The SMILES string of the molecule is COc1ccc(C2CCCCCN2C(=O)c2cc(C)no2)cc1. The van der Waals surface area contributed by atoms with Crippen LogP contribution in [-0.2, 0) is 0 Å². The topological polar surface area (TPSA) is 55.6 Å². The molecular weight excluding hydrogens is 292 g/mol. The van der Waals surface area contributed by atoms with Gasteiger partial charge in [-0.3, -0.25) is 4.79 Å². The van der Waals surface area contributed by atoms with Crippen molar-refractivity contribution in [1.82, 2.24) is 10.1 Å². The minimum absolute atomic E-state index is 0.0707. The van der Waals surface area contributed by atoms with Gasteiger partial charge in [0.2, 0.25) is 5.76 Å². The lowest BCUT2D eigenvalue weighted by molar-refractivity contribution is 0.0638. The molecule has 1 atom stereocenters. The van der Waals surface area contributed by atoms with Crippen molar-refractivity contribution in [2.24, 2.45) is 0 Å². The summed E-state index contributed by atoms with van der Waals surface area (Å²) in [4.78, 5) is 14.8. The molecule has 23 heavy (non-hydrogen) atoms. The number of nitrogens with zero attached hydrogens (tertiary/aromatic N) is 2. The van der Waals surface area contributed by atoms with Crippen molar-refractivity contribution in [3.8, 4) is 5.75 Å². The fourth-order valence-electron chi connectivity index (χ4n) is 3.13. The van der Waals surface area contributed by atoms with Gasteiger partial charge in [-0.2, -0.15) is 0 Å². The Balaban J connectivity index is 1.88. The van der Waals surface area contributed by atoms with E-state index in [4.69, 9.17) is 9.26 Å². The van der Waals surface area contributed by atoms with Crippen LogP contribution in [0.4, 0.5) is 0 Å². The zero-order chi connectivity index (χ0) is 16.2. The molecule has 1 saturated heterocycles. The van der Waals surface area contributed by atoms with Crippen molar-refractivity contribution in [3.63, 3.8) is 0 Å². The fraction of sp³-hybridized carbons (Fsp3) is 0.444. The van der Waals surface area contributed by atoms with Crippen LogP contribution in [0.1, 0.15) is 53.5 Å². The van der Waals surface area contributed by atoms with Gasteiger partial charge in [-0.05, 0) is 37.5 Å². The molecule has 0 radical (unpaired) electrons. The fourth-order valence-corrected chi connectivity index (χ4v) is 3.13. The monoisotopic (exact) mass is 314 g/mol. The van der Waals surface area contributed by atoms with Crippen LogP contribution in [0.5, 0.6) is 5.75 Å². The zero-order valence-electron chi connectivity index (χ0n) is 13.6. The lowest BCUT2D eigenvalue weighted by Crippen LogP contribution is -2.34. The maximum atomic E-state index is 12.8. The first-order valence-corrected chi connectivity index (χ1v) is 8.07. The number of methoxy groups -OCH3 is 1. The van der Waals surface area contributed by atoms with Gasteiger partial charge >= 0.3 is 0 Å². The Morgan fingerprint density at radius 1 is 1.26 bits per heavy atom. The van der Waals surface area contributed by atoms with Gasteiger partial charge < -0.3 is 14.2 Å². The molecule has 1 aliphatic heterocycles. The van der Waals surface area contributed by atoms with Gasteiger partial charge in [-0.15, -0.1) is 0 Å². The molecule has 1 aliphatic rings. The molecular formula is C18H22N2O3. The van der Waals surface area contributed by atoms with E-state index in [1.165, 1.54) is 0 Å². The molecule has 1 fully saturated rings. The molecule has 0 spiro atoms. The predicted octanol–water partition coefficient (Wildman–Crippen LogP) is 3.75. The summed E-state index contributed by atoms with van der Waals surface area (Å²) in [5, 5.41) is 3.84. The molecule has 0 aliphatic carbocycles. The summed E-state index contributed by atoms with van der Waals surface area (Å²) in [7, 11) is 1.66. The number of likely N-dealkylation sites (tertiary alicyclic amines) is 1. The number of ether oxygens (including phenoxy) is 1. The molecule has 2 aromatic rings. The molecule has 2 heterocycles. The Labute approximate surface area is 136 Å². The van der Waals surface area contributed by atoms with Gasteiger partial charge in [0.1, 0.15) is 5.75 Å². The van der Waals surface area contributed by atoms with E-state index in [0.717, 1.165) is 49.2 Å². The second-order valence-corrected chi connectivity index (χ2v) is 5.97. The summed E-state index contributed by atoms with van der Waals surface area (Å²) in [6.07, 6.45) is 4.25. The average molecular weight is 314 g/mol. The number of rotatable bonds is 3. The summed E-state index contributed by atoms with van der Waals surface area (Å²) in [6.45, 7) is 2.57. The van der Waals surface area contributed by atoms with E-state index in [2.05, 4.69) is 5.16 Å². The molecule has 5 nitrogen and oxygen atoms in total. The average Bonchev–Trinajstić information content (AvgIpc) is 2.87. The van der Waals surface area contributed by atoms with E-state index >= 15 is 0 Å². The standard InChI is InChI=1S/C18H22N2O3/c1-13-12-17(23-19-13)18(21)20-11-5-3-4-6-16(20)14-7-9-15(22-2)10-8-14/h7-10,12,16H,3-6,11H2,1-2H3. The van der Waals surface area contributed by atoms with E-state index in [-0.39, 0.29) is 11.9 Å². The largest absolute Gasteiger partial charge is 0.497 e. The van der Waals surface area contributed by atoms with Gasteiger partial charge in [-0.25, -0.2) is 0 Å². The van der Waals surface area contributed by atoms with Gasteiger partial charge in [0.05, 0.1) is 18.8 Å². The van der Waals surface area contributed by atoms with Crippen LogP contribution in [0.2, 0.25) is 0 Å². The Morgan fingerprint density at radius 3 is 2.70 bits per heavy atom. The van der Waals surface area contributed by atoms with Crippen molar-refractivity contribution < 1.29 is 14.1 Å². The highest BCUT2D eigenvalue weighted by Gasteiger charge is 2.29. The quantitative estimate of drug-likeness (QED) is 0.866. The van der Waals surface area contributed by atoms with Crippen LogP contribution in [0, 0.1) is 6.92 Å². The summed E-state index contributed by atoms with van der Waals surface area (Å²) in [5.41, 5.74) is 1.86. The Morgan fingerprint density at radius 2 is 2.04 bits per heavy atom. The summed E-state index contributed by atoms with van der Waals surface area (Å²) in [6, 6.07) is 9.75. The third-order valence-corrected chi connectivity index (χ3v) is 4.35. The third-order valence-electron chi connectivity index (χ3n) is 4.35. The van der Waals surface area contributed by atoms with Gasteiger partial charge in [0.25, 0.3) is 5.91 Å². The summed E-state index contributed by atoms with van der Waals surface area (Å²) in [5.74, 6) is 1.07. The summed E-state index contributed by atoms with van der Waals surface area (Å²) >= 11 is 0. The highest BCUT2D eigenvalue weighted by molar-refractivity contribution is 5.91. The molecule has 0 bridgehead atoms. The minimum Gasteiger partial charge on any atom is -0.497 e. The summed E-state index contributed by atoms with van der Waals surface area (Å²) < 4.78 is 10.4. The molecule has 3 rings (SSSR count). The smallest absolute Gasteiger partial charge is 0.292 e. The number of carbonyl (C=O) groups excluding carboxylic acids is 1. The Bertz CT molecular complexity index is 663. The van der Waals surface area contributed by atoms with Crippen molar-refractivity contribution in [2.75, 3.05) is 13.7 Å². The molecule has 1 amide bonds. The Kier molecular flexibility index (Phi) is 4.65. The number of aromatic nitrogens is 1. The van der Waals surface area contributed by atoms with Crippen LogP contribution in [-0.4, -0.2) is 29.6 Å². The third kappa shape index (κ3) is 3.38.